The third-order valence-electron chi connectivity index (χ3n) is 4.86. The van der Waals surface area contributed by atoms with Crippen LogP contribution >= 0.6 is 0 Å². The maximum atomic E-state index is 12.7. The lowest BCUT2D eigenvalue weighted by Crippen LogP contribution is -2.12. The first-order chi connectivity index (χ1) is 14.1. The van der Waals surface area contributed by atoms with Crippen LogP contribution in [0.3, 0.4) is 0 Å². The van der Waals surface area contributed by atoms with E-state index in [0.29, 0.717) is 11.3 Å². The highest BCUT2D eigenvalue weighted by molar-refractivity contribution is 6.07. The van der Waals surface area contributed by atoms with E-state index in [1.54, 1.807) is 18.2 Å². The monoisotopic (exact) mass is 381 g/mol. The number of anilines is 1. The van der Waals surface area contributed by atoms with E-state index in [0.717, 1.165) is 22.8 Å². The summed E-state index contributed by atoms with van der Waals surface area (Å²) in [5, 5.41) is 13.9. The van der Waals surface area contributed by atoms with Crippen molar-refractivity contribution in [1.29, 1.82) is 0 Å². The second-order valence-electron chi connectivity index (χ2n) is 6.85. The molecule has 0 aliphatic rings. The Morgan fingerprint density at radius 1 is 0.759 bits per heavy atom. The van der Waals surface area contributed by atoms with Gasteiger partial charge in [-0.2, -0.15) is 0 Å². The third kappa shape index (κ3) is 4.17. The van der Waals surface area contributed by atoms with Crippen LogP contribution < -0.4 is 5.32 Å². The van der Waals surface area contributed by atoms with Gasteiger partial charge in [0, 0.05) is 11.3 Å². The highest BCUT2D eigenvalue weighted by Gasteiger charge is 2.10. The molecule has 4 aromatic carbocycles. The van der Waals surface area contributed by atoms with Crippen molar-refractivity contribution in [3.8, 4) is 0 Å². The molecule has 4 aromatic rings. The zero-order valence-corrected chi connectivity index (χ0v) is 15.6. The molecule has 0 atom stereocenters. The molecule has 0 saturated carbocycles. The van der Waals surface area contributed by atoms with Crippen molar-refractivity contribution in [2.24, 2.45) is 0 Å². The molecule has 0 fully saturated rings. The number of amides is 1. The predicted molar refractivity (Wildman–Crippen MR) is 115 cm³/mol. The fourth-order valence-electron chi connectivity index (χ4n) is 3.35. The fraction of sp³-hybridized carbons (Fsp3) is 0.0400. The van der Waals surface area contributed by atoms with Gasteiger partial charge in [-0.1, -0.05) is 54.6 Å². The molecule has 0 bridgehead atoms. The average molecular weight is 381 g/mol. The molecule has 2 N–H and O–H groups in total. The van der Waals surface area contributed by atoms with Gasteiger partial charge in [-0.3, -0.25) is 4.79 Å². The lowest BCUT2D eigenvalue weighted by atomic mass is 9.97. The van der Waals surface area contributed by atoms with Crippen LogP contribution in [0, 0.1) is 0 Å². The number of carbonyl (C=O) groups excluding carboxylic acids is 1. The van der Waals surface area contributed by atoms with E-state index in [2.05, 4.69) is 23.5 Å². The second kappa shape index (κ2) is 7.98. The quantitative estimate of drug-likeness (QED) is 0.488. The van der Waals surface area contributed by atoms with Crippen molar-refractivity contribution in [2.45, 2.75) is 6.42 Å². The second-order valence-corrected chi connectivity index (χ2v) is 6.85. The number of fused-ring (bicyclic) bond motifs is 1. The van der Waals surface area contributed by atoms with Gasteiger partial charge >= 0.3 is 5.97 Å². The molecule has 4 rings (SSSR count). The van der Waals surface area contributed by atoms with E-state index in [1.165, 1.54) is 17.7 Å². The Hall–Kier alpha value is -3.92. The highest BCUT2D eigenvalue weighted by atomic mass is 16.4. The normalized spacial score (nSPS) is 10.6. The molecule has 0 aromatic heterocycles. The Labute approximate surface area is 168 Å². The van der Waals surface area contributed by atoms with Gasteiger partial charge in [0.15, 0.2) is 0 Å². The Balaban J connectivity index is 1.61. The van der Waals surface area contributed by atoms with Crippen LogP contribution in [0.5, 0.6) is 0 Å². The van der Waals surface area contributed by atoms with Gasteiger partial charge in [-0.25, -0.2) is 4.79 Å². The van der Waals surface area contributed by atoms with E-state index in [4.69, 9.17) is 5.11 Å². The first-order valence-electron chi connectivity index (χ1n) is 9.30. The van der Waals surface area contributed by atoms with Crippen molar-refractivity contribution in [3.05, 3.63) is 113 Å². The summed E-state index contributed by atoms with van der Waals surface area (Å²) in [6.07, 6.45) is 0.792. The summed E-state index contributed by atoms with van der Waals surface area (Å²) in [7, 11) is 0. The minimum absolute atomic E-state index is 0.180. The molecular formula is C25H19NO3. The summed E-state index contributed by atoms with van der Waals surface area (Å²) in [5.41, 5.74) is 3.67. The van der Waals surface area contributed by atoms with Crippen LogP contribution in [0.25, 0.3) is 10.8 Å². The Bertz CT molecular complexity index is 1180. The lowest BCUT2D eigenvalue weighted by Gasteiger charge is -2.10. The molecule has 0 unspecified atom stereocenters. The average Bonchev–Trinajstić information content (AvgIpc) is 2.75. The molecule has 0 aliphatic heterocycles. The van der Waals surface area contributed by atoms with Crippen molar-refractivity contribution in [3.63, 3.8) is 0 Å². The summed E-state index contributed by atoms with van der Waals surface area (Å²) in [6, 6.07) is 28.2. The largest absolute Gasteiger partial charge is 0.478 e. The standard InChI is InChI=1S/C25H19NO3/c27-24(26-22-13-11-19(12-14-22)25(28)29)21-10-9-18-7-4-8-20(23(18)16-21)15-17-5-2-1-3-6-17/h1-14,16H,15H2,(H,26,27)(H,28,29). The van der Waals surface area contributed by atoms with Gasteiger partial charge < -0.3 is 10.4 Å². The van der Waals surface area contributed by atoms with Crippen molar-refractivity contribution in [1.82, 2.24) is 0 Å². The fourth-order valence-corrected chi connectivity index (χ4v) is 3.35. The summed E-state index contributed by atoms with van der Waals surface area (Å²) in [5.74, 6) is -1.23. The van der Waals surface area contributed by atoms with Crippen molar-refractivity contribution in [2.75, 3.05) is 5.32 Å². The van der Waals surface area contributed by atoms with E-state index in [-0.39, 0.29) is 11.5 Å². The molecule has 0 spiro atoms. The van der Waals surface area contributed by atoms with Crippen LogP contribution in [-0.2, 0) is 6.42 Å². The minimum atomic E-state index is -0.997. The molecule has 0 heterocycles. The number of hydrogen-bond donors (Lipinski definition) is 2. The molecule has 0 aliphatic carbocycles. The van der Waals surface area contributed by atoms with E-state index < -0.39 is 5.97 Å². The number of benzene rings is 4. The van der Waals surface area contributed by atoms with Gasteiger partial charge in [0.05, 0.1) is 5.56 Å². The van der Waals surface area contributed by atoms with Crippen LogP contribution in [0.15, 0.2) is 91.0 Å². The maximum absolute atomic E-state index is 12.7. The Morgan fingerprint density at radius 2 is 1.48 bits per heavy atom. The zero-order chi connectivity index (χ0) is 20.2. The summed E-state index contributed by atoms with van der Waals surface area (Å²) < 4.78 is 0. The highest BCUT2D eigenvalue weighted by Crippen LogP contribution is 2.23. The molecule has 0 radical (unpaired) electrons. The van der Waals surface area contributed by atoms with Crippen LogP contribution in [0.2, 0.25) is 0 Å². The maximum Gasteiger partial charge on any atom is 0.335 e. The summed E-state index contributed by atoms with van der Waals surface area (Å²) >= 11 is 0. The van der Waals surface area contributed by atoms with Crippen LogP contribution in [0.4, 0.5) is 5.69 Å². The van der Waals surface area contributed by atoms with Gasteiger partial charge in [0.2, 0.25) is 0 Å². The molecule has 4 nitrogen and oxygen atoms in total. The minimum Gasteiger partial charge on any atom is -0.478 e. The molecule has 4 heteroatoms. The van der Waals surface area contributed by atoms with Gasteiger partial charge in [0.25, 0.3) is 5.91 Å². The van der Waals surface area contributed by atoms with Crippen LogP contribution in [0.1, 0.15) is 31.8 Å². The molecule has 0 saturated heterocycles. The Kier molecular flexibility index (Phi) is 5.08. The van der Waals surface area contributed by atoms with Gasteiger partial charge in [-0.05, 0) is 64.7 Å². The molecule has 29 heavy (non-hydrogen) atoms. The number of carboxylic acids is 1. The lowest BCUT2D eigenvalue weighted by molar-refractivity contribution is 0.0696. The van der Waals surface area contributed by atoms with Gasteiger partial charge in [0.1, 0.15) is 0 Å². The third-order valence-corrected chi connectivity index (χ3v) is 4.86. The van der Waals surface area contributed by atoms with E-state index in [1.807, 2.05) is 42.5 Å². The van der Waals surface area contributed by atoms with Crippen molar-refractivity contribution >= 4 is 28.3 Å². The van der Waals surface area contributed by atoms with Crippen LogP contribution in [-0.4, -0.2) is 17.0 Å². The smallest absolute Gasteiger partial charge is 0.335 e. The number of carboxylic acid groups (broad SMARTS) is 1. The Morgan fingerprint density at radius 3 is 2.21 bits per heavy atom. The topological polar surface area (TPSA) is 66.4 Å². The first kappa shape index (κ1) is 18.4. The zero-order valence-electron chi connectivity index (χ0n) is 15.6. The summed E-state index contributed by atoms with van der Waals surface area (Å²) in [6.45, 7) is 0. The molecular weight excluding hydrogens is 362 g/mol. The molecule has 142 valence electrons. The SMILES string of the molecule is O=C(O)c1ccc(NC(=O)c2ccc3cccc(Cc4ccccc4)c3c2)cc1. The van der Waals surface area contributed by atoms with Crippen molar-refractivity contribution < 1.29 is 14.7 Å². The number of nitrogens with one attached hydrogen (secondary N) is 1. The summed E-state index contributed by atoms with van der Waals surface area (Å²) in [4.78, 5) is 23.7. The molecule has 1 amide bonds. The predicted octanol–water partition coefficient (Wildman–Crippen LogP) is 5.38. The van der Waals surface area contributed by atoms with Gasteiger partial charge in [-0.15, -0.1) is 0 Å². The number of rotatable bonds is 5. The first-order valence-corrected chi connectivity index (χ1v) is 9.30. The van der Waals surface area contributed by atoms with E-state index >= 15 is 0 Å². The van der Waals surface area contributed by atoms with E-state index in [9.17, 15) is 9.59 Å². The number of hydrogen-bond acceptors (Lipinski definition) is 2. The number of aromatic carboxylic acids is 1. The number of carbonyl (C=O) groups is 2.